The van der Waals surface area contributed by atoms with Gasteiger partial charge >= 0.3 is 11.9 Å². The zero-order valence-electron chi connectivity index (χ0n) is 16.4. The van der Waals surface area contributed by atoms with Crippen molar-refractivity contribution in [1.82, 2.24) is 0 Å². The molecule has 0 aromatic rings. The molecule has 3 unspecified atom stereocenters. The second kappa shape index (κ2) is 7.90. The van der Waals surface area contributed by atoms with Gasteiger partial charge in [-0.1, -0.05) is 0 Å². The molecule has 28 heavy (non-hydrogen) atoms. The molecule has 1 aliphatic heterocycles. The first kappa shape index (κ1) is 22.5. The number of ether oxygens (including phenoxy) is 4. The molecule has 0 aromatic carbocycles. The zero-order chi connectivity index (χ0) is 21.3. The average Bonchev–Trinajstić information content (AvgIpc) is 2.94. The Bertz CT molecular complexity index is 603. The third-order valence-corrected chi connectivity index (χ3v) is 5.08. The molecule has 1 heterocycles. The molecule has 0 bridgehead atoms. The van der Waals surface area contributed by atoms with E-state index in [1.807, 2.05) is 0 Å². The number of rotatable bonds is 6. The summed E-state index contributed by atoms with van der Waals surface area (Å²) in [5.74, 6) is -4.33. The summed E-state index contributed by atoms with van der Waals surface area (Å²) >= 11 is 0. The molecule has 2 aliphatic rings. The van der Waals surface area contributed by atoms with Crippen molar-refractivity contribution in [3.8, 4) is 0 Å². The highest BCUT2D eigenvalue weighted by atomic mass is 16.7. The van der Waals surface area contributed by atoms with Gasteiger partial charge in [0, 0.05) is 4.92 Å². The second-order valence-electron chi connectivity index (χ2n) is 7.51. The minimum atomic E-state index is -2.75. The summed E-state index contributed by atoms with van der Waals surface area (Å²) in [6, 6.07) is -2.36. The summed E-state index contributed by atoms with van der Waals surface area (Å²) < 4.78 is 20.9. The largest absolute Gasteiger partial charge is 0.464 e. The second-order valence-corrected chi connectivity index (χ2v) is 7.51. The van der Waals surface area contributed by atoms with E-state index in [4.69, 9.17) is 18.9 Å². The quantitative estimate of drug-likeness (QED) is 0.344. The third-order valence-electron chi connectivity index (χ3n) is 5.08. The molecule has 0 radical (unpaired) electrons. The van der Waals surface area contributed by atoms with Gasteiger partial charge in [-0.3, -0.25) is 10.1 Å². The molecule has 1 saturated heterocycles. The normalized spacial score (nSPS) is 37.3. The summed E-state index contributed by atoms with van der Waals surface area (Å²) in [5, 5.41) is 33.8. The highest BCUT2D eigenvalue weighted by Crippen LogP contribution is 2.45. The van der Waals surface area contributed by atoms with Gasteiger partial charge in [-0.2, -0.15) is 0 Å². The van der Waals surface area contributed by atoms with Crippen LogP contribution >= 0.6 is 0 Å². The molecule has 0 amide bonds. The minimum absolute atomic E-state index is 0.0681. The van der Waals surface area contributed by atoms with Crippen LogP contribution in [0.1, 0.15) is 40.5 Å². The molecule has 2 rings (SSSR count). The highest BCUT2D eigenvalue weighted by Gasteiger charge is 2.72. The molecule has 2 N–H and O–H groups in total. The van der Waals surface area contributed by atoms with Crippen LogP contribution in [-0.2, 0) is 28.5 Å². The molecule has 160 valence electrons. The van der Waals surface area contributed by atoms with Gasteiger partial charge in [0.25, 0.3) is 6.04 Å². The van der Waals surface area contributed by atoms with Gasteiger partial charge in [-0.25, -0.2) is 9.59 Å². The van der Waals surface area contributed by atoms with Crippen LogP contribution in [0.2, 0.25) is 0 Å². The van der Waals surface area contributed by atoms with Crippen molar-refractivity contribution in [3.63, 3.8) is 0 Å². The van der Waals surface area contributed by atoms with Gasteiger partial charge in [0.1, 0.15) is 0 Å². The topological polar surface area (TPSA) is 155 Å². The molecule has 1 saturated carbocycles. The van der Waals surface area contributed by atoms with Crippen molar-refractivity contribution in [2.24, 2.45) is 5.92 Å². The van der Waals surface area contributed by atoms with Gasteiger partial charge in [0.15, 0.2) is 5.79 Å². The molecule has 11 nitrogen and oxygen atoms in total. The van der Waals surface area contributed by atoms with E-state index in [1.54, 1.807) is 13.8 Å². The fourth-order valence-electron chi connectivity index (χ4n) is 3.95. The van der Waals surface area contributed by atoms with Crippen LogP contribution in [0.4, 0.5) is 0 Å². The molecule has 1 aliphatic carbocycles. The van der Waals surface area contributed by atoms with Gasteiger partial charge in [0.05, 0.1) is 25.9 Å². The van der Waals surface area contributed by atoms with Crippen LogP contribution in [0.3, 0.4) is 0 Å². The Morgan fingerprint density at radius 2 is 1.57 bits per heavy atom. The lowest BCUT2D eigenvalue weighted by Crippen LogP contribution is -2.72. The maximum Gasteiger partial charge on any atom is 0.345 e. The van der Waals surface area contributed by atoms with Crippen molar-refractivity contribution < 1.29 is 43.7 Å². The van der Waals surface area contributed by atoms with Crippen molar-refractivity contribution in [1.29, 1.82) is 0 Å². The Labute approximate surface area is 162 Å². The molecule has 0 aromatic heterocycles. The highest BCUT2D eigenvalue weighted by molar-refractivity contribution is 5.86. The molecular weight excluding hydrogens is 378 g/mol. The Balaban J connectivity index is 2.50. The molecule has 2 fully saturated rings. The van der Waals surface area contributed by atoms with Gasteiger partial charge in [0.2, 0.25) is 11.2 Å². The molecular formula is C17H27NO10. The standard InChI is InChI=1S/C17H27NO10/c1-5-25-13(19)16(21)7-10(11-9-27-15(3,4)28-11)8-17(22,12(16)18(23)24)14(20)26-6-2/h10-12,21-22H,5-9H2,1-4H3/t10?,11?,12?,16-,17+. The minimum Gasteiger partial charge on any atom is -0.464 e. The number of nitro groups is 1. The van der Waals surface area contributed by atoms with Crippen LogP contribution < -0.4 is 0 Å². The van der Waals surface area contributed by atoms with E-state index in [0.29, 0.717) is 0 Å². The van der Waals surface area contributed by atoms with Crippen LogP contribution in [0.5, 0.6) is 0 Å². The van der Waals surface area contributed by atoms with E-state index >= 15 is 0 Å². The Hall–Kier alpha value is -1.82. The maximum atomic E-state index is 12.5. The van der Waals surface area contributed by atoms with Crippen LogP contribution in [0.25, 0.3) is 0 Å². The smallest absolute Gasteiger partial charge is 0.345 e. The Morgan fingerprint density at radius 1 is 1.11 bits per heavy atom. The fraction of sp³-hybridized carbons (Fsp3) is 0.882. The number of hydrogen-bond donors (Lipinski definition) is 2. The van der Waals surface area contributed by atoms with E-state index in [-0.39, 0.29) is 19.8 Å². The van der Waals surface area contributed by atoms with Crippen molar-refractivity contribution in [2.75, 3.05) is 19.8 Å². The van der Waals surface area contributed by atoms with E-state index in [0.717, 1.165) is 0 Å². The number of esters is 2. The summed E-state index contributed by atoms with van der Waals surface area (Å²) in [6.07, 6.45) is -1.59. The lowest BCUT2D eigenvalue weighted by molar-refractivity contribution is -0.567. The summed E-state index contributed by atoms with van der Waals surface area (Å²) in [6.45, 7) is 6.02. The number of carbonyl (C=O) groups is 2. The van der Waals surface area contributed by atoms with Gasteiger partial charge in [-0.15, -0.1) is 0 Å². The predicted molar refractivity (Wildman–Crippen MR) is 91.6 cm³/mol. The van der Waals surface area contributed by atoms with Gasteiger partial charge in [-0.05, 0) is 46.5 Å². The van der Waals surface area contributed by atoms with Crippen molar-refractivity contribution in [3.05, 3.63) is 10.1 Å². The molecule has 5 atom stereocenters. The van der Waals surface area contributed by atoms with Crippen molar-refractivity contribution in [2.45, 2.75) is 69.7 Å². The van der Waals surface area contributed by atoms with E-state index in [9.17, 15) is 29.9 Å². The Kier molecular flexibility index (Phi) is 6.34. The first-order chi connectivity index (χ1) is 12.9. The first-order valence-corrected chi connectivity index (χ1v) is 9.15. The van der Waals surface area contributed by atoms with Crippen LogP contribution in [0.15, 0.2) is 0 Å². The van der Waals surface area contributed by atoms with Gasteiger partial charge < -0.3 is 29.2 Å². The number of nitrogens with zero attached hydrogens (tertiary/aromatic N) is 1. The molecule has 11 heteroatoms. The fourth-order valence-corrected chi connectivity index (χ4v) is 3.95. The number of hydrogen-bond acceptors (Lipinski definition) is 10. The van der Waals surface area contributed by atoms with E-state index in [2.05, 4.69) is 0 Å². The summed E-state index contributed by atoms with van der Waals surface area (Å²) in [4.78, 5) is 35.7. The van der Waals surface area contributed by atoms with Crippen LogP contribution in [-0.4, -0.2) is 76.0 Å². The van der Waals surface area contributed by atoms with Crippen molar-refractivity contribution >= 4 is 11.9 Å². The lowest BCUT2D eigenvalue weighted by Gasteiger charge is -2.45. The summed E-state index contributed by atoms with van der Waals surface area (Å²) in [5.41, 5.74) is -5.50. The zero-order valence-corrected chi connectivity index (χ0v) is 16.4. The predicted octanol–water partition coefficient (Wildman–Crippen LogP) is -0.218. The van der Waals surface area contributed by atoms with Crippen LogP contribution in [0, 0.1) is 16.0 Å². The average molecular weight is 405 g/mol. The first-order valence-electron chi connectivity index (χ1n) is 9.15. The Morgan fingerprint density at radius 3 is 1.89 bits per heavy atom. The maximum absolute atomic E-state index is 12.5. The lowest BCUT2D eigenvalue weighted by atomic mass is 9.64. The third kappa shape index (κ3) is 3.97. The summed E-state index contributed by atoms with van der Waals surface area (Å²) in [7, 11) is 0. The SMILES string of the molecule is CCOC(=O)[C@]1(O)CC(C2COC(C)(C)O2)C[C@](O)(C(=O)OCC)C1[N+](=O)[O-]. The molecule has 0 spiro atoms. The van der Waals surface area contributed by atoms with E-state index in [1.165, 1.54) is 13.8 Å². The number of carbonyl (C=O) groups excluding carboxylic acids is 2. The monoisotopic (exact) mass is 405 g/mol. The number of aliphatic hydroxyl groups is 2. The van der Waals surface area contributed by atoms with E-state index < -0.39 is 64.8 Å².